The maximum absolute atomic E-state index is 12.2. The van der Waals surface area contributed by atoms with Crippen molar-refractivity contribution >= 4 is 17.6 Å². The highest BCUT2D eigenvalue weighted by molar-refractivity contribution is 5.89. The zero-order chi connectivity index (χ0) is 18.4. The first-order chi connectivity index (χ1) is 11.7. The van der Waals surface area contributed by atoms with Crippen LogP contribution in [-0.2, 0) is 4.79 Å². The van der Waals surface area contributed by atoms with Gasteiger partial charge in [0.2, 0.25) is 5.91 Å². The third kappa shape index (κ3) is 6.64. The molecular weight excluding hydrogens is 335 g/mol. The Morgan fingerprint density at radius 1 is 1.16 bits per heavy atom. The minimum atomic E-state index is -4.32. The van der Waals surface area contributed by atoms with Crippen LogP contribution in [0.15, 0.2) is 24.3 Å². The molecule has 2 N–H and O–H groups in total. The molecule has 2 rings (SSSR count). The second kappa shape index (κ2) is 8.22. The quantitative estimate of drug-likeness (QED) is 0.867. The van der Waals surface area contributed by atoms with Gasteiger partial charge in [-0.25, -0.2) is 4.79 Å². The maximum atomic E-state index is 12.2. The molecule has 0 radical (unpaired) electrons. The number of carbonyl (C=O) groups excluding carboxylic acids is 2. The molecule has 25 heavy (non-hydrogen) atoms. The van der Waals surface area contributed by atoms with Crippen LogP contribution in [-0.4, -0.2) is 42.1 Å². The number of halogens is 3. The smallest absolute Gasteiger partial charge is 0.343 e. The Balaban J connectivity index is 1.71. The van der Waals surface area contributed by atoms with Gasteiger partial charge in [-0.3, -0.25) is 4.79 Å². The highest BCUT2D eigenvalue weighted by Crippen LogP contribution is 2.22. The number of nitrogens with zero attached hydrogens (tertiary/aromatic N) is 1. The Labute approximate surface area is 144 Å². The number of benzene rings is 1. The number of anilines is 1. The van der Waals surface area contributed by atoms with Gasteiger partial charge in [-0.05, 0) is 31.9 Å². The van der Waals surface area contributed by atoms with E-state index in [1.54, 1.807) is 12.1 Å². The van der Waals surface area contributed by atoms with Gasteiger partial charge in [-0.2, -0.15) is 13.2 Å². The summed E-state index contributed by atoms with van der Waals surface area (Å²) in [6.07, 6.45) is -4.87. The first-order valence-electron chi connectivity index (χ1n) is 8.21. The normalized spacial score (nSPS) is 15.8. The van der Waals surface area contributed by atoms with E-state index in [1.165, 1.54) is 4.90 Å². The molecule has 1 aromatic rings. The lowest BCUT2D eigenvalue weighted by atomic mass is 10.0. The van der Waals surface area contributed by atoms with Crippen molar-refractivity contribution in [3.05, 3.63) is 29.8 Å². The average molecular weight is 357 g/mol. The second-order valence-corrected chi connectivity index (χ2v) is 6.23. The van der Waals surface area contributed by atoms with Gasteiger partial charge in [0.1, 0.15) is 0 Å². The van der Waals surface area contributed by atoms with Crippen molar-refractivity contribution in [1.82, 2.24) is 10.2 Å². The highest BCUT2D eigenvalue weighted by atomic mass is 19.4. The molecule has 1 saturated heterocycles. The Morgan fingerprint density at radius 2 is 1.76 bits per heavy atom. The molecule has 0 aromatic heterocycles. The van der Waals surface area contributed by atoms with E-state index in [0.717, 1.165) is 5.56 Å². The van der Waals surface area contributed by atoms with Crippen molar-refractivity contribution in [2.24, 2.45) is 0 Å². The molecule has 8 heteroatoms. The molecule has 1 heterocycles. The van der Waals surface area contributed by atoms with Crippen LogP contribution in [0.25, 0.3) is 0 Å². The number of likely N-dealkylation sites (tertiary alicyclic amines) is 1. The number of alkyl halides is 3. The van der Waals surface area contributed by atoms with Gasteiger partial charge < -0.3 is 15.5 Å². The van der Waals surface area contributed by atoms with Crippen LogP contribution in [0.1, 0.15) is 31.2 Å². The number of carbonyl (C=O) groups is 2. The summed E-state index contributed by atoms with van der Waals surface area (Å²) in [6.45, 7) is 2.66. The summed E-state index contributed by atoms with van der Waals surface area (Å²) in [4.78, 5) is 25.2. The van der Waals surface area contributed by atoms with Gasteiger partial charge >= 0.3 is 12.2 Å². The average Bonchev–Trinajstić information content (AvgIpc) is 2.55. The van der Waals surface area contributed by atoms with Crippen molar-refractivity contribution in [2.75, 3.05) is 18.4 Å². The second-order valence-electron chi connectivity index (χ2n) is 6.23. The van der Waals surface area contributed by atoms with E-state index in [4.69, 9.17) is 0 Å². The van der Waals surface area contributed by atoms with Gasteiger partial charge in [0.05, 0.1) is 6.42 Å². The van der Waals surface area contributed by atoms with Crippen molar-refractivity contribution < 1.29 is 22.8 Å². The topological polar surface area (TPSA) is 61.4 Å². The Hall–Kier alpha value is -2.25. The molecule has 0 aliphatic carbocycles. The standard InChI is InChI=1S/C17H22F3N3O2/c1-12-2-4-13(5-3-12)21-16(25)22-14-7-10-23(11-8-14)15(24)6-9-17(18,19)20/h2-5,14H,6-11H2,1H3,(H2,21,22,25). The summed E-state index contributed by atoms with van der Waals surface area (Å²) >= 11 is 0. The molecule has 0 spiro atoms. The summed E-state index contributed by atoms with van der Waals surface area (Å²) in [7, 11) is 0. The summed E-state index contributed by atoms with van der Waals surface area (Å²) < 4.78 is 36.5. The monoisotopic (exact) mass is 357 g/mol. The molecule has 1 aliphatic rings. The van der Waals surface area contributed by atoms with Gasteiger partial charge in [-0.15, -0.1) is 0 Å². The fraction of sp³-hybridized carbons (Fsp3) is 0.529. The van der Waals surface area contributed by atoms with Crippen molar-refractivity contribution in [2.45, 2.75) is 44.8 Å². The molecular formula is C17H22F3N3O2. The molecule has 0 bridgehead atoms. The third-order valence-corrected chi connectivity index (χ3v) is 4.11. The third-order valence-electron chi connectivity index (χ3n) is 4.11. The lowest BCUT2D eigenvalue weighted by Crippen LogP contribution is -2.47. The predicted molar refractivity (Wildman–Crippen MR) is 88.2 cm³/mol. The first kappa shape index (κ1) is 19.1. The first-order valence-corrected chi connectivity index (χ1v) is 8.21. The minimum Gasteiger partial charge on any atom is -0.343 e. The molecule has 1 fully saturated rings. The van der Waals surface area contributed by atoms with E-state index in [2.05, 4.69) is 10.6 Å². The van der Waals surface area contributed by atoms with E-state index < -0.39 is 24.9 Å². The number of amides is 3. The Kier molecular flexibility index (Phi) is 6.27. The highest BCUT2D eigenvalue weighted by Gasteiger charge is 2.30. The maximum Gasteiger partial charge on any atom is 0.389 e. The molecule has 1 aromatic carbocycles. The molecule has 0 saturated carbocycles. The van der Waals surface area contributed by atoms with E-state index in [0.29, 0.717) is 31.6 Å². The number of urea groups is 1. The van der Waals surface area contributed by atoms with Crippen LogP contribution in [0.5, 0.6) is 0 Å². The SMILES string of the molecule is Cc1ccc(NC(=O)NC2CCN(C(=O)CCC(F)(F)F)CC2)cc1. The van der Waals surface area contributed by atoms with Crippen LogP contribution >= 0.6 is 0 Å². The lowest BCUT2D eigenvalue weighted by molar-refractivity contribution is -0.149. The zero-order valence-corrected chi connectivity index (χ0v) is 14.0. The number of hydrogen-bond acceptors (Lipinski definition) is 2. The number of rotatable bonds is 4. The Morgan fingerprint density at radius 3 is 2.32 bits per heavy atom. The largest absolute Gasteiger partial charge is 0.389 e. The molecule has 5 nitrogen and oxygen atoms in total. The van der Waals surface area contributed by atoms with E-state index >= 15 is 0 Å². The zero-order valence-electron chi connectivity index (χ0n) is 14.0. The molecule has 3 amide bonds. The van der Waals surface area contributed by atoms with Gasteiger partial charge in [-0.1, -0.05) is 17.7 Å². The van der Waals surface area contributed by atoms with Gasteiger partial charge in [0, 0.05) is 31.2 Å². The van der Waals surface area contributed by atoms with E-state index in [1.807, 2.05) is 19.1 Å². The fourth-order valence-corrected chi connectivity index (χ4v) is 2.67. The lowest BCUT2D eigenvalue weighted by Gasteiger charge is -2.32. The van der Waals surface area contributed by atoms with Crippen molar-refractivity contribution in [3.8, 4) is 0 Å². The van der Waals surface area contributed by atoms with E-state index in [9.17, 15) is 22.8 Å². The van der Waals surface area contributed by atoms with Gasteiger partial charge in [0.25, 0.3) is 0 Å². The van der Waals surface area contributed by atoms with Crippen LogP contribution < -0.4 is 10.6 Å². The fourth-order valence-electron chi connectivity index (χ4n) is 2.67. The number of hydrogen-bond donors (Lipinski definition) is 2. The molecule has 1 aliphatic heterocycles. The Bertz CT molecular complexity index is 594. The number of aryl methyl sites for hydroxylation is 1. The summed E-state index contributed by atoms with van der Waals surface area (Å²) in [6, 6.07) is 6.96. The predicted octanol–water partition coefficient (Wildman–Crippen LogP) is 3.45. The molecule has 0 unspecified atom stereocenters. The summed E-state index contributed by atoms with van der Waals surface area (Å²) in [5, 5.41) is 5.56. The van der Waals surface area contributed by atoms with Crippen molar-refractivity contribution in [1.29, 1.82) is 0 Å². The van der Waals surface area contributed by atoms with Crippen LogP contribution in [0, 0.1) is 6.92 Å². The van der Waals surface area contributed by atoms with Crippen LogP contribution in [0.2, 0.25) is 0 Å². The number of piperidine rings is 1. The molecule has 0 atom stereocenters. The summed E-state index contributed by atoms with van der Waals surface area (Å²) in [5.41, 5.74) is 1.77. The summed E-state index contributed by atoms with van der Waals surface area (Å²) in [5.74, 6) is -0.486. The minimum absolute atomic E-state index is 0.0999. The molecule has 138 valence electrons. The van der Waals surface area contributed by atoms with Gasteiger partial charge in [0.15, 0.2) is 0 Å². The van der Waals surface area contributed by atoms with Crippen molar-refractivity contribution in [3.63, 3.8) is 0 Å². The van der Waals surface area contributed by atoms with Crippen LogP contribution in [0.3, 0.4) is 0 Å². The van der Waals surface area contributed by atoms with Crippen LogP contribution in [0.4, 0.5) is 23.7 Å². The number of nitrogens with one attached hydrogen (secondary N) is 2. The van der Waals surface area contributed by atoms with E-state index in [-0.39, 0.29) is 12.1 Å².